The zero-order chi connectivity index (χ0) is 15.1. The lowest BCUT2D eigenvalue weighted by molar-refractivity contribution is 1.20. The molecule has 0 bridgehead atoms. The minimum atomic E-state index is -0.425. The zero-order valence-corrected chi connectivity index (χ0v) is 11.5. The lowest BCUT2D eigenvalue weighted by Gasteiger charge is -1.95. The summed E-state index contributed by atoms with van der Waals surface area (Å²) in [5.41, 5.74) is 1.50. The van der Waals surface area contributed by atoms with Gasteiger partial charge in [0.1, 0.15) is 5.52 Å². The average molecular weight is 289 g/mol. The highest BCUT2D eigenvalue weighted by atomic mass is 16.2. The molecule has 0 radical (unpaired) electrons. The van der Waals surface area contributed by atoms with E-state index in [-0.39, 0.29) is 0 Å². The van der Waals surface area contributed by atoms with Crippen molar-refractivity contribution in [2.24, 2.45) is 0 Å². The van der Waals surface area contributed by atoms with Gasteiger partial charge in [0.05, 0.1) is 0 Å². The van der Waals surface area contributed by atoms with Crippen LogP contribution in [-0.4, -0.2) is 15.0 Å². The molecule has 4 rings (SSSR count). The van der Waals surface area contributed by atoms with Gasteiger partial charge in [0.15, 0.2) is 0 Å². The SMILES string of the molecule is O=c1[nH]c(=O)c2[nH]c3ccccc3c2cc1-c1cccnc1. The van der Waals surface area contributed by atoms with Gasteiger partial charge in [-0.3, -0.25) is 19.6 Å². The van der Waals surface area contributed by atoms with Crippen LogP contribution in [0.3, 0.4) is 0 Å². The standard InChI is InChI=1S/C17H11N3O2/c21-16-12(10-4-3-7-18-9-10)8-13-11-5-1-2-6-14(11)19-15(13)17(22)20-16/h1-9,19H,(H,20,21,22). The molecule has 3 heterocycles. The first-order valence-corrected chi connectivity index (χ1v) is 6.82. The van der Waals surface area contributed by atoms with Crippen molar-refractivity contribution in [3.05, 3.63) is 75.6 Å². The zero-order valence-electron chi connectivity index (χ0n) is 11.5. The molecular weight excluding hydrogens is 278 g/mol. The summed E-state index contributed by atoms with van der Waals surface area (Å²) in [6, 6.07) is 12.9. The fourth-order valence-electron chi connectivity index (χ4n) is 2.67. The molecule has 0 aliphatic rings. The van der Waals surface area contributed by atoms with Crippen molar-refractivity contribution in [3.8, 4) is 11.1 Å². The van der Waals surface area contributed by atoms with E-state index >= 15 is 0 Å². The minimum Gasteiger partial charge on any atom is -0.350 e. The molecule has 5 nitrogen and oxygen atoms in total. The molecule has 0 aliphatic heterocycles. The Balaban J connectivity index is 2.22. The van der Waals surface area contributed by atoms with E-state index in [2.05, 4.69) is 15.0 Å². The predicted molar refractivity (Wildman–Crippen MR) is 85.9 cm³/mol. The Kier molecular flexibility index (Phi) is 2.66. The maximum absolute atomic E-state index is 12.3. The number of hydrogen-bond donors (Lipinski definition) is 2. The van der Waals surface area contributed by atoms with Gasteiger partial charge in [-0.25, -0.2) is 0 Å². The number of pyridine rings is 1. The fourth-order valence-corrected chi connectivity index (χ4v) is 2.67. The summed E-state index contributed by atoms with van der Waals surface area (Å²) in [7, 11) is 0. The van der Waals surface area contributed by atoms with E-state index in [1.807, 2.05) is 24.3 Å². The number of nitrogens with one attached hydrogen (secondary N) is 2. The Hall–Kier alpha value is -3.21. The maximum atomic E-state index is 12.3. The Morgan fingerprint density at radius 2 is 1.73 bits per heavy atom. The Morgan fingerprint density at radius 3 is 2.55 bits per heavy atom. The summed E-state index contributed by atoms with van der Waals surface area (Å²) in [6.45, 7) is 0. The number of nitrogens with zero attached hydrogens (tertiary/aromatic N) is 1. The molecule has 0 fully saturated rings. The molecule has 0 atom stereocenters. The maximum Gasteiger partial charge on any atom is 0.275 e. The number of aromatic amines is 2. The molecule has 0 unspecified atom stereocenters. The lowest BCUT2D eigenvalue weighted by atomic mass is 10.1. The van der Waals surface area contributed by atoms with Crippen LogP contribution in [-0.2, 0) is 0 Å². The molecule has 0 saturated heterocycles. The number of aromatic nitrogens is 3. The summed E-state index contributed by atoms with van der Waals surface area (Å²) in [4.78, 5) is 34.0. The Labute approximate surface area is 124 Å². The number of rotatable bonds is 1. The van der Waals surface area contributed by atoms with Crippen molar-refractivity contribution >= 4 is 21.8 Å². The fraction of sp³-hybridized carbons (Fsp3) is 0. The monoisotopic (exact) mass is 289 g/mol. The van der Waals surface area contributed by atoms with Crippen LogP contribution in [0.25, 0.3) is 32.9 Å². The first-order valence-electron chi connectivity index (χ1n) is 6.82. The quantitative estimate of drug-likeness (QED) is 0.565. The number of para-hydroxylation sites is 1. The van der Waals surface area contributed by atoms with Crippen LogP contribution in [0.5, 0.6) is 0 Å². The average Bonchev–Trinajstić information content (AvgIpc) is 2.86. The molecule has 0 amide bonds. The highest BCUT2D eigenvalue weighted by Crippen LogP contribution is 2.24. The largest absolute Gasteiger partial charge is 0.350 e. The Bertz CT molecular complexity index is 1110. The van der Waals surface area contributed by atoms with E-state index in [4.69, 9.17) is 0 Å². The van der Waals surface area contributed by atoms with Crippen LogP contribution in [0.4, 0.5) is 0 Å². The van der Waals surface area contributed by atoms with Crippen LogP contribution in [0, 0.1) is 0 Å². The smallest absolute Gasteiger partial charge is 0.275 e. The van der Waals surface area contributed by atoms with Gasteiger partial charge < -0.3 is 4.98 Å². The molecule has 106 valence electrons. The summed E-state index contributed by atoms with van der Waals surface area (Å²) in [6.07, 6.45) is 3.25. The summed E-state index contributed by atoms with van der Waals surface area (Å²) in [5, 5.41) is 1.63. The summed E-state index contributed by atoms with van der Waals surface area (Å²) < 4.78 is 0. The van der Waals surface area contributed by atoms with E-state index in [9.17, 15) is 9.59 Å². The van der Waals surface area contributed by atoms with Crippen molar-refractivity contribution < 1.29 is 0 Å². The van der Waals surface area contributed by atoms with Gasteiger partial charge in [-0.05, 0) is 18.2 Å². The molecule has 4 aromatic rings. The van der Waals surface area contributed by atoms with Crippen LogP contribution in [0.2, 0.25) is 0 Å². The first kappa shape index (κ1) is 12.5. The van der Waals surface area contributed by atoms with Gasteiger partial charge in [0.2, 0.25) is 0 Å². The predicted octanol–water partition coefficient (Wildman–Crippen LogP) is 2.43. The van der Waals surface area contributed by atoms with Crippen molar-refractivity contribution in [1.82, 2.24) is 15.0 Å². The number of benzene rings is 1. The third-order valence-electron chi connectivity index (χ3n) is 3.71. The van der Waals surface area contributed by atoms with Crippen molar-refractivity contribution in [1.29, 1.82) is 0 Å². The second-order valence-electron chi connectivity index (χ2n) is 5.04. The second-order valence-corrected chi connectivity index (χ2v) is 5.04. The Morgan fingerprint density at radius 1 is 0.864 bits per heavy atom. The van der Waals surface area contributed by atoms with Gasteiger partial charge in [-0.15, -0.1) is 0 Å². The molecular formula is C17H11N3O2. The van der Waals surface area contributed by atoms with E-state index in [1.54, 1.807) is 30.6 Å². The van der Waals surface area contributed by atoms with Gasteiger partial charge >= 0.3 is 0 Å². The number of fused-ring (bicyclic) bond motifs is 3. The van der Waals surface area contributed by atoms with Gasteiger partial charge in [0.25, 0.3) is 11.1 Å². The highest BCUT2D eigenvalue weighted by molar-refractivity contribution is 6.07. The minimum absolute atomic E-state index is 0.397. The van der Waals surface area contributed by atoms with Crippen molar-refractivity contribution in [3.63, 3.8) is 0 Å². The second kappa shape index (κ2) is 4.66. The molecule has 1 aromatic carbocycles. The normalized spacial score (nSPS) is 11.1. The van der Waals surface area contributed by atoms with E-state index in [0.717, 1.165) is 16.3 Å². The molecule has 0 saturated carbocycles. The molecule has 5 heteroatoms. The van der Waals surface area contributed by atoms with Crippen LogP contribution in [0.15, 0.2) is 64.4 Å². The van der Waals surface area contributed by atoms with Gasteiger partial charge in [0, 0.05) is 39.8 Å². The lowest BCUT2D eigenvalue weighted by Crippen LogP contribution is -2.15. The molecule has 22 heavy (non-hydrogen) atoms. The van der Waals surface area contributed by atoms with Crippen LogP contribution >= 0.6 is 0 Å². The molecule has 2 N–H and O–H groups in total. The number of H-pyrrole nitrogens is 2. The van der Waals surface area contributed by atoms with Gasteiger partial charge in [-0.1, -0.05) is 24.3 Å². The topological polar surface area (TPSA) is 78.6 Å². The third-order valence-corrected chi connectivity index (χ3v) is 3.71. The third kappa shape index (κ3) is 1.83. The summed E-state index contributed by atoms with van der Waals surface area (Å²) in [5.74, 6) is 0. The molecule has 3 aromatic heterocycles. The van der Waals surface area contributed by atoms with E-state index in [1.165, 1.54) is 0 Å². The van der Waals surface area contributed by atoms with Crippen LogP contribution in [0.1, 0.15) is 0 Å². The van der Waals surface area contributed by atoms with E-state index in [0.29, 0.717) is 16.6 Å². The summed E-state index contributed by atoms with van der Waals surface area (Å²) >= 11 is 0. The first-order chi connectivity index (χ1) is 10.7. The van der Waals surface area contributed by atoms with Crippen molar-refractivity contribution in [2.45, 2.75) is 0 Å². The van der Waals surface area contributed by atoms with Gasteiger partial charge in [-0.2, -0.15) is 0 Å². The molecule has 0 spiro atoms. The van der Waals surface area contributed by atoms with E-state index < -0.39 is 11.1 Å². The molecule has 0 aliphatic carbocycles. The van der Waals surface area contributed by atoms with Crippen molar-refractivity contribution in [2.75, 3.05) is 0 Å². The highest BCUT2D eigenvalue weighted by Gasteiger charge is 2.10. The number of hydrogen-bond acceptors (Lipinski definition) is 3. The van der Waals surface area contributed by atoms with Crippen LogP contribution < -0.4 is 11.1 Å².